The Hall–Kier alpha value is -2.07. The molecule has 1 atom stereocenters. The fourth-order valence-corrected chi connectivity index (χ4v) is 3.72. The average Bonchev–Trinajstić information content (AvgIpc) is 2.48. The highest BCUT2D eigenvalue weighted by Crippen LogP contribution is 2.50. The molecule has 0 saturated heterocycles. The summed E-state index contributed by atoms with van der Waals surface area (Å²) in [5, 5.41) is 19.9. The van der Waals surface area contributed by atoms with Crippen molar-refractivity contribution >= 4 is 0 Å². The quantitative estimate of drug-likeness (QED) is 0.731. The normalized spacial score (nSPS) is 20.0. The van der Waals surface area contributed by atoms with Crippen LogP contribution in [0.15, 0.2) is 24.3 Å². The highest BCUT2D eigenvalue weighted by atomic mass is 19.1. The molecule has 1 aliphatic carbocycles. The molecule has 4 heteroatoms. The van der Waals surface area contributed by atoms with Crippen LogP contribution >= 0.6 is 0 Å². The van der Waals surface area contributed by atoms with E-state index in [9.17, 15) is 14.6 Å². The Balaban J connectivity index is 2.06. The van der Waals surface area contributed by atoms with Gasteiger partial charge in [0.25, 0.3) is 0 Å². The van der Waals surface area contributed by atoms with Crippen LogP contribution in [0.4, 0.5) is 4.39 Å². The molecule has 0 amide bonds. The molecule has 108 valence electrons. The first-order chi connectivity index (χ1) is 10.1. The molecule has 0 fully saturated rings. The van der Waals surface area contributed by atoms with Gasteiger partial charge in [0.2, 0.25) is 0 Å². The number of likely N-dealkylation sites (N-methyl/N-ethyl adjacent to an activating group) is 1. The molecule has 0 bridgehead atoms. The SMILES string of the molecule is CN1CCc2cccc3c2C1Cc1cc(F)c(O)c(O)c1-3. The van der Waals surface area contributed by atoms with Crippen molar-refractivity contribution in [3.63, 3.8) is 0 Å². The van der Waals surface area contributed by atoms with E-state index in [1.807, 2.05) is 12.1 Å². The van der Waals surface area contributed by atoms with Crippen molar-refractivity contribution in [3.8, 4) is 22.6 Å². The summed E-state index contributed by atoms with van der Waals surface area (Å²) in [6.45, 7) is 0.975. The number of hydrogen-bond donors (Lipinski definition) is 2. The third-order valence-electron chi connectivity index (χ3n) is 4.79. The molecule has 3 nitrogen and oxygen atoms in total. The molecule has 1 heterocycles. The van der Waals surface area contributed by atoms with Crippen molar-refractivity contribution in [2.75, 3.05) is 13.6 Å². The monoisotopic (exact) mass is 285 g/mol. The lowest BCUT2D eigenvalue weighted by molar-refractivity contribution is 0.227. The minimum atomic E-state index is -0.760. The van der Waals surface area contributed by atoms with E-state index in [1.165, 1.54) is 17.2 Å². The summed E-state index contributed by atoms with van der Waals surface area (Å²) in [6, 6.07) is 7.58. The van der Waals surface area contributed by atoms with Crippen molar-refractivity contribution < 1.29 is 14.6 Å². The molecule has 2 aromatic rings. The maximum atomic E-state index is 13.7. The van der Waals surface area contributed by atoms with E-state index in [0.717, 1.165) is 24.1 Å². The number of halogens is 1. The van der Waals surface area contributed by atoms with Crippen LogP contribution in [0.5, 0.6) is 11.5 Å². The number of nitrogens with zero attached hydrogens (tertiary/aromatic N) is 1. The van der Waals surface area contributed by atoms with Crippen LogP contribution < -0.4 is 0 Å². The standard InChI is InChI=1S/C17H16FNO2/c1-19-6-5-9-3-2-4-11-14(9)13(19)8-10-7-12(18)16(20)17(21)15(10)11/h2-4,7,13,20-21H,5-6,8H2,1H3. The smallest absolute Gasteiger partial charge is 0.194 e. The molecule has 21 heavy (non-hydrogen) atoms. The largest absolute Gasteiger partial charge is 0.504 e. The predicted octanol–water partition coefficient (Wildman–Crippen LogP) is 2.99. The molecule has 0 radical (unpaired) electrons. The van der Waals surface area contributed by atoms with Gasteiger partial charge in [0.1, 0.15) is 0 Å². The van der Waals surface area contributed by atoms with Gasteiger partial charge in [-0.25, -0.2) is 4.39 Å². The topological polar surface area (TPSA) is 43.7 Å². The lowest BCUT2D eigenvalue weighted by Crippen LogP contribution is -2.35. The molecule has 1 aliphatic heterocycles. The highest BCUT2D eigenvalue weighted by Gasteiger charge is 2.34. The molecule has 0 saturated carbocycles. The molecule has 0 aromatic heterocycles. The number of rotatable bonds is 0. The first kappa shape index (κ1) is 12.7. The van der Waals surface area contributed by atoms with Gasteiger partial charge in [-0.15, -0.1) is 0 Å². The Morgan fingerprint density at radius 1 is 1.19 bits per heavy atom. The Bertz CT molecular complexity index is 757. The molecule has 2 aliphatic rings. The summed E-state index contributed by atoms with van der Waals surface area (Å²) >= 11 is 0. The van der Waals surface area contributed by atoms with E-state index in [1.54, 1.807) is 0 Å². The second kappa shape index (κ2) is 4.21. The van der Waals surface area contributed by atoms with Gasteiger partial charge in [0.15, 0.2) is 17.3 Å². The van der Waals surface area contributed by atoms with Gasteiger partial charge < -0.3 is 10.2 Å². The number of phenols is 2. The van der Waals surface area contributed by atoms with Gasteiger partial charge >= 0.3 is 0 Å². The minimum absolute atomic E-state index is 0.209. The minimum Gasteiger partial charge on any atom is -0.504 e. The molecule has 4 rings (SSSR count). The Labute approximate surface area is 122 Å². The second-order valence-electron chi connectivity index (χ2n) is 5.92. The van der Waals surface area contributed by atoms with E-state index in [0.29, 0.717) is 12.0 Å². The highest BCUT2D eigenvalue weighted by molar-refractivity contribution is 5.82. The number of aromatic hydroxyl groups is 2. The summed E-state index contributed by atoms with van der Waals surface area (Å²) in [5.41, 5.74) is 4.74. The maximum absolute atomic E-state index is 13.7. The zero-order valence-electron chi connectivity index (χ0n) is 11.7. The zero-order chi connectivity index (χ0) is 14.7. The van der Waals surface area contributed by atoms with Gasteiger partial charge in [-0.1, -0.05) is 18.2 Å². The summed E-state index contributed by atoms with van der Waals surface area (Å²) in [6.07, 6.45) is 1.63. The van der Waals surface area contributed by atoms with Crippen LogP contribution in [0, 0.1) is 5.82 Å². The third-order valence-corrected chi connectivity index (χ3v) is 4.79. The Morgan fingerprint density at radius 3 is 2.81 bits per heavy atom. The molecule has 2 aromatic carbocycles. The summed E-state index contributed by atoms with van der Waals surface area (Å²) in [7, 11) is 2.08. The first-order valence-corrected chi connectivity index (χ1v) is 7.13. The van der Waals surface area contributed by atoms with Gasteiger partial charge in [0, 0.05) is 18.2 Å². The van der Waals surface area contributed by atoms with Crippen LogP contribution in [0.3, 0.4) is 0 Å². The lowest BCUT2D eigenvalue weighted by Gasteiger charge is -2.39. The summed E-state index contributed by atoms with van der Waals surface area (Å²) in [5.74, 6) is -1.76. The fraction of sp³-hybridized carbons (Fsp3) is 0.294. The molecule has 0 spiro atoms. The molecule has 2 N–H and O–H groups in total. The Kier molecular flexibility index (Phi) is 2.54. The fourth-order valence-electron chi connectivity index (χ4n) is 3.72. The molecular weight excluding hydrogens is 269 g/mol. The van der Waals surface area contributed by atoms with Crippen LogP contribution in [0.25, 0.3) is 11.1 Å². The third kappa shape index (κ3) is 1.62. The van der Waals surface area contributed by atoms with E-state index in [2.05, 4.69) is 18.0 Å². The van der Waals surface area contributed by atoms with Crippen molar-refractivity contribution in [3.05, 3.63) is 46.8 Å². The lowest BCUT2D eigenvalue weighted by atomic mass is 9.77. The van der Waals surface area contributed by atoms with E-state index < -0.39 is 11.6 Å². The van der Waals surface area contributed by atoms with Crippen LogP contribution in [0.2, 0.25) is 0 Å². The van der Waals surface area contributed by atoms with E-state index >= 15 is 0 Å². The average molecular weight is 285 g/mol. The van der Waals surface area contributed by atoms with Crippen molar-refractivity contribution in [2.24, 2.45) is 0 Å². The molecule has 1 unspecified atom stereocenters. The van der Waals surface area contributed by atoms with E-state index in [4.69, 9.17) is 0 Å². The van der Waals surface area contributed by atoms with Gasteiger partial charge in [-0.3, -0.25) is 4.90 Å². The first-order valence-electron chi connectivity index (χ1n) is 7.13. The van der Waals surface area contributed by atoms with Crippen LogP contribution in [0.1, 0.15) is 22.7 Å². The van der Waals surface area contributed by atoms with E-state index in [-0.39, 0.29) is 11.8 Å². The van der Waals surface area contributed by atoms with Gasteiger partial charge in [-0.05, 0) is 48.2 Å². The van der Waals surface area contributed by atoms with Crippen LogP contribution in [-0.2, 0) is 12.8 Å². The zero-order valence-corrected chi connectivity index (χ0v) is 11.7. The van der Waals surface area contributed by atoms with Crippen molar-refractivity contribution in [2.45, 2.75) is 18.9 Å². The predicted molar refractivity (Wildman–Crippen MR) is 77.9 cm³/mol. The molecular formula is C17H16FNO2. The van der Waals surface area contributed by atoms with Crippen LogP contribution in [-0.4, -0.2) is 28.7 Å². The Morgan fingerprint density at radius 2 is 2.00 bits per heavy atom. The second-order valence-corrected chi connectivity index (χ2v) is 5.92. The maximum Gasteiger partial charge on any atom is 0.194 e. The number of fused-ring (bicyclic) bond motifs is 2. The summed E-state index contributed by atoms with van der Waals surface area (Å²) < 4.78 is 13.7. The van der Waals surface area contributed by atoms with Gasteiger partial charge in [-0.2, -0.15) is 0 Å². The summed E-state index contributed by atoms with van der Waals surface area (Å²) in [4.78, 5) is 2.27. The van der Waals surface area contributed by atoms with Crippen molar-refractivity contribution in [1.29, 1.82) is 0 Å². The van der Waals surface area contributed by atoms with Gasteiger partial charge in [0.05, 0.1) is 0 Å². The van der Waals surface area contributed by atoms with Crippen molar-refractivity contribution in [1.82, 2.24) is 4.90 Å². The number of phenolic OH excluding ortho intramolecular Hbond substituents is 2. The number of hydrogen-bond acceptors (Lipinski definition) is 3. The number of benzene rings is 2.